The van der Waals surface area contributed by atoms with Crippen molar-refractivity contribution in [3.8, 4) is 0 Å². The summed E-state index contributed by atoms with van der Waals surface area (Å²) in [7, 11) is 0. The van der Waals surface area contributed by atoms with E-state index < -0.39 is 0 Å². The molecule has 0 aromatic carbocycles. The monoisotopic (exact) mass is 156 g/mol. The van der Waals surface area contributed by atoms with Gasteiger partial charge < -0.3 is 5.32 Å². The summed E-state index contributed by atoms with van der Waals surface area (Å²) in [6.07, 6.45) is 1.07. The van der Waals surface area contributed by atoms with Gasteiger partial charge in [0.25, 0.3) is 0 Å². The highest BCUT2D eigenvalue weighted by Gasteiger charge is 2.36. The third-order valence-corrected chi connectivity index (χ3v) is 2.61. The van der Waals surface area contributed by atoms with E-state index in [9.17, 15) is 4.79 Å². The highest BCUT2D eigenvalue weighted by atomic mass is 16.2. The van der Waals surface area contributed by atoms with Crippen molar-refractivity contribution in [1.29, 1.82) is 0 Å². The molecule has 0 spiro atoms. The zero-order valence-corrected chi connectivity index (χ0v) is 7.40. The molecule has 64 valence electrons. The average Bonchev–Trinajstić information content (AvgIpc) is 2.31. The minimum Gasteiger partial charge on any atom is -0.337 e. The highest BCUT2D eigenvalue weighted by molar-refractivity contribution is 5.81. The number of amides is 1. The molecule has 1 rings (SSSR count). The Morgan fingerprint density at radius 3 is 2.73 bits per heavy atom. The standard InChI is InChI=1S/C8H16N2O/c1-4-6(2)8(3)9-5-7(11)10-8/h6,9H,4-5H2,1-3H3,(H,10,11). The molecule has 3 heteroatoms. The van der Waals surface area contributed by atoms with Gasteiger partial charge in [0.2, 0.25) is 5.91 Å². The Bertz CT molecular complexity index is 169. The summed E-state index contributed by atoms with van der Waals surface area (Å²) in [5, 5.41) is 6.10. The molecule has 0 bridgehead atoms. The average molecular weight is 156 g/mol. The van der Waals surface area contributed by atoms with E-state index in [4.69, 9.17) is 0 Å². The van der Waals surface area contributed by atoms with Gasteiger partial charge in [-0.3, -0.25) is 10.1 Å². The van der Waals surface area contributed by atoms with Gasteiger partial charge in [0.1, 0.15) is 0 Å². The van der Waals surface area contributed by atoms with Crippen molar-refractivity contribution < 1.29 is 4.79 Å². The Kier molecular flexibility index (Phi) is 2.18. The zero-order chi connectivity index (χ0) is 8.48. The van der Waals surface area contributed by atoms with Gasteiger partial charge in [-0.25, -0.2) is 0 Å². The first kappa shape index (κ1) is 8.53. The molecule has 1 aliphatic rings. The summed E-state index contributed by atoms with van der Waals surface area (Å²) in [5.41, 5.74) is -0.175. The van der Waals surface area contributed by atoms with Crippen molar-refractivity contribution in [2.45, 2.75) is 32.9 Å². The number of carbonyl (C=O) groups excluding carboxylic acids is 1. The second kappa shape index (κ2) is 2.81. The molecule has 0 radical (unpaired) electrons. The summed E-state index contributed by atoms with van der Waals surface area (Å²) in [4.78, 5) is 10.9. The Morgan fingerprint density at radius 2 is 2.36 bits per heavy atom. The Hall–Kier alpha value is -0.570. The smallest absolute Gasteiger partial charge is 0.235 e. The third kappa shape index (κ3) is 1.53. The van der Waals surface area contributed by atoms with Gasteiger partial charge in [-0.1, -0.05) is 20.3 Å². The van der Waals surface area contributed by atoms with Crippen molar-refractivity contribution in [3.05, 3.63) is 0 Å². The highest BCUT2D eigenvalue weighted by Crippen LogP contribution is 2.19. The van der Waals surface area contributed by atoms with Crippen LogP contribution in [-0.4, -0.2) is 18.1 Å². The fourth-order valence-electron chi connectivity index (χ4n) is 1.35. The Morgan fingerprint density at radius 1 is 1.73 bits per heavy atom. The van der Waals surface area contributed by atoms with E-state index in [2.05, 4.69) is 24.5 Å². The van der Waals surface area contributed by atoms with Crippen molar-refractivity contribution >= 4 is 5.91 Å². The molecule has 2 N–H and O–H groups in total. The second-order valence-corrected chi connectivity index (χ2v) is 3.41. The number of carbonyl (C=O) groups is 1. The molecule has 2 unspecified atom stereocenters. The topological polar surface area (TPSA) is 41.1 Å². The van der Waals surface area contributed by atoms with E-state index in [0.29, 0.717) is 12.5 Å². The molecule has 1 amide bonds. The van der Waals surface area contributed by atoms with Crippen LogP contribution in [-0.2, 0) is 4.79 Å². The predicted octanol–water partition coefficient (Wildman–Crippen LogP) is 0.468. The summed E-state index contributed by atoms with van der Waals surface area (Å²) in [6, 6.07) is 0. The van der Waals surface area contributed by atoms with Crippen molar-refractivity contribution in [2.24, 2.45) is 5.92 Å². The minimum atomic E-state index is -0.175. The van der Waals surface area contributed by atoms with Gasteiger partial charge in [0.05, 0.1) is 12.2 Å². The summed E-state index contributed by atoms with van der Waals surface area (Å²) in [6.45, 7) is 6.76. The zero-order valence-electron chi connectivity index (χ0n) is 7.40. The van der Waals surface area contributed by atoms with Crippen LogP contribution < -0.4 is 10.6 Å². The van der Waals surface area contributed by atoms with Gasteiger partial charge in [0, 0.05) is 0 Å². The van der Waals surface area contributed by atoms with Gasteiger partial charge in [-0.2, -0.15) is 0 Å². The molecular weight excluding hydrogens is 140 g/mol. The lowest BCUT2D eigenvalue weighted by atomic mass is 9.94. The SMILES string of the molecule is CCC(C)C1(C)NCC(=O)N1. The maximum atomic E-state index is 10.9. The summed E-state index contributed by atoms with van der Waals surface area (Å²) in [5.74, 6) is 0.585. The van der Waals surface area contributed by atoms with Crippen LogP contribution in [0.5, 0.6) is 0 Å². The van der Waals surface area contributed by atoms with E-state index in [0.717, 1.165) is 6.42 Å². The fourth-order valence-corrected chi connectivity index (χ4v) is 1.35. The molecule has 1 heterocycles. The molecule has 0 aliphatic carbocycles. The molecule has 2 atom stereocenters. The van der Waals surface area contributed by atoms with Crippen molar-refractivity contribution in [1.82, 2.24) is 10.6 Å². The van der Waals surface area contributed by atoms with E-state index >= 15 is 0 Å². The normalized spacial score (nSPS) is 33.5. The fraction of sp³-hybridized carbons (Fsp3) is 0.875. The maximum absolute atomic E-state index is 10.9. The molecule has 0 saturated carbocycles. The Balaban J connectivity index is 2.61. The molecular formula is C8H16N2O. The van der Waals surface area contributed by atoms with Gasteiger partial charge in [0.15, 0.2) is 0 Å². The second-order valence-electron chi connectivity index (χ2n) is 3.41. The van der Waals surface area contributed by atoms with Crippen LogP contribution in [0, 0.1) is 5.92 Å². The van der Waals surface area contributed by atoms with Crippen molar-refractivity contribution in [3.63, 3.8) is 0 Å². The summed E-state index contributed by atoms with van der Waals surface area (Å²) < 4.78 is 0. The molecule has 0 aromatic heterocycles. The van der Waals surface area contributed by atoms with E-state index in [1.165, 1.54) is 0 Å². The first-order chi connectivity index (χ1) is 5.08. The van der Waals surface area contributed by atoms with Crippen LogP contribution in [0.25, 0.3) is 0 Å². The predicted molar refractivity (Wildman–Crippen MR) is 44.0 cm³/mol. The van der Waals surface area contributed by atoms with Crippen LogP contribution in [0.1, 0.15) is 27.2 Å². The lowest BCUT2D eigenvalue weighted by molar-refractivity contribution is -0.119. The minimum absolute atomic E-state index is 0.104. The van der Waals surface area contributed by atoms with Crippen LogP contribution in [0.2, 0.25) is 0 Å². The Labute approximate surface area is 67.5 Å². The van der Waals surface area contributed by atoms with E-state index in [1.807, 2.05) is 6.92 Å². The van der Waals surface area contributed by atoms with Crippen LogP contribution in [0.15, 0.2) is 0 Å². The number of nitrogens with one attached hydrogen (secondary N) is 2. The lowest BCUT2D eigenvalue weighted by Gasteiger charge is -2.30. The first-order valence-corrected chi connectivity index (χ1v) is 4.14. The van der Waals surface area contributed by atoms with Gasteiger partial charge >= 0.3 is 0 Å². The molecule has 1 saturated heterocycles. The molecule has 3 nitrogen and oxygen atoms in total. The number of hydrogen-bond acceptors (Lipinski definition) is 2. The molecule has 0 aromatic rings. The lowest BCUT2D eigenvalue weighted by Crippen LogP contribution is -2.51. The van der Waals surface area contributed by atoms with Gasteiger partial charge in [-0.15, -0.1) is 0 Å². The number of rotatable bonds is 2. The molecule has 1 fully saturated rings. The van der Waals surface area contributed by atoms with Crippen LogP contribution in [0.4, 0.5) is 0 Å². The molecule has 11 heavy (non-hydrogen) atoms. The van der Waals surface area contributed by atoms with Crippen LogP contribution in [0.3, 0.4) is 0 Å². The van der Waals surface area contributed by atoms with E-state index in [-0.39, 0.29) is 11.6 Å². The first-order valence-electron chi connectivity index (χ1n) is 4.14. The van der Waals surface area contributed by atoms with E-state index in [1.54, 1.807) is 0 Å². The third-order valence-electron chi connectivity index (χ3n) is 2.61. The van der Waals surface area contributed by atoms with Crippen molar-refractivity contribution in [2.75, 3.05) is 6.54 Å². The maximum Gasteiger partial charge on any atom is 0.235 e. The molecule has 1 aliphatic heterocycles. The van der Waals surface area contributed by atoms with Crippen LogP contribution >= 0.6 is 0 Å². The van der Waals surface area contributed by atoms with Gasteiger partial charge in [-0.05, 0) is 12.8 Å². The quantitative estimate of drug-likeness (QED) is 0.610. The number of hydrogen-bond donors (Lipinski definition) is 2. The summed E-state index contributed by atoms with van der Waals surface area (Å²) >= 11 is 0. The largest absolute Gasteiger partial charge is 0.337 e.